The van der Waals surface area contributed by atoms with E-state index in [1.807, 2.05) is 24.3 Å². The largest absolute Gasteiger partial charge is 0.381 e. The van der Waals surface area contributed by atoms with Crippen molar-refractivity contribution in [3.63, 3.8) is 0 Å². The fourth-order valence-electron chi connectivity index (χ4n) is 1.80. The van der Waals surface area contributed by atoms with Crippen LogP contribution in [0.2, 0.25) is 5.02 Å². The molecule has 2 aromatic rings. The highest BCUT2D eigenvalue weighted by Gasteiger charge is 2.02. The van der Waals surface area contributed by atoms with Crippen LogP contribution in [0.3, 0.4) is 0 Å². The van der Waals surface area contributed by atoms with Gasteiger partial charge in [-0.15, -0.1) is 0 Å². The van der Waals surface area contributed by atoms with Crippen molar-refractivity contribution in [1.82, 2.24) is 0 Å². The maximum Gasteiger partial charge on any atom is 0.124 e. The van der Waals surface area contributed by atoms with Crippen LogP contribution < -0.4 is 5.32 Å². The van der Waals surface area contributed by atoms with E-state index in [1.54, 1.807) is 13.2 Å². The van der Waals surface area contributed by atoms with Crippen molar-refractivity contribution in [2.75, 3.05) is 12.4 Å². The average molecular weight is 280 g/mol. The SMILES string of the molecule is COCc1cccc(NCc2ccc(F)cc2Cl)c1. The number of methoxy groups -OCH3 is 1. The van der Waals surface area contributed by atoms with Crippen molar-refractivity contribution in [2.24, 2.45) is 0 Å². The smallest absolute Gasteiger partial charge is 0.124 e. The zero-order valence-electron chi connectivity index (χ0n) is 10.6. The summed E-state index contributed by atoms with van der Waals surface area (Å²) in [6, 6.07) is 12.4. The van der Waals surface area contributed by atoms with Gasteiger partial charge in [-0.2, -0.15) is 0 Å². The molecule has 0 radical (unpaired) electrons. The lowest BCUT2D eigenvalue weighted by Crippen LogP contribution is -2.01. The van der Waals surface area contributed by atoms with Gasteiger partial charge in [0.05, 0.1) is 6.61 Å². The van der Waals surface area contributed by atoms with Gasteiger partial charge in [0, 0.05) is 24.4 Å². The van der Waals surface area contributed by atoms with Gasteiger partial charge in [-0.05, 0) is 35.4 Å². The summed E-state index contributed by atoms with van der Waals surface area (Å²) in [7, 11) is 1.67. The highest BCUT2D eigenvalue weighted by Crippen LogP contribution is 2.19. The molecule has 4 heteroatoms. The Kier molecular flexibility index (Phi) is 4.77. The average Bonchev–Trinajstić information content (AvgIpc) is 2.38. The predicted octanol–water partition coefficient (Wildman–Crippen LogP) is 4.24. The summed E-state index contributed by atoms with van der Waals surface area (Å²) in [6.45, 7) is 1.13. The van der Waals surface area contributed by atoms with Crippen molar-refractivity contribution in [2.45, 2.75) is 13.2 Å². The van der Waals surface area contributed by atoms with Crippen LogP contribution in [0.1, 0.15) is 11.1 Å². The Morgan fingerprint density at radius 1 is 1.21 bits per heavy atom. The van der Waals surface area contributed by atoms with Gasteiger partial charge in [0.25, 0.3) is 0 Å². The summed E-state index contributed by atoms with van der Waals surface area (Å²) >= 11 is 5.98. The Morgan fingerprint density at radius 2 is 2.05 bits per heavy atom. The Bertz CT molecular complexity index is 560. The van der Waals surface area contributed by atoms with E-state index in [1.165, 1.54) is 12.1 Å². The third-order valence-corrected chi connectivity index (χ3v) is 3.09. The van der Waals surface area contributed by atoms with Crippen molar-refractivity contribution >= 4 is 17.3 Å². The fraction of sp³-hybridized carbons (Fsp3) is 0.200. The van der Waals surface area contributed by atoms with Crippen LogP contribution in [-0.2, 0) is 17.9 Å². The molecule has 0 saturated carbocycles. The number of nitrogens with one attached hydrogen (secondary N) is 1. The molecule has 0 bridgehead atoms. The quantitative estimate of drug-likeness (QED) is 0.884. The van der Waals surface area contributed by atoms with Crippen molar-refractivity contribution < 1.29 is 9.13 Å². The van der Waals surface area contributed by atoms with Crippen LogP contribution in [0.5, 0.6) is 0 Å². The minimum atomic E-state index is -0.323. The maximum atomic E-state index is 12.9. The highest BCUT2D eigenvalue weighted by atomic mass is 35.5. The van der Waals surface area contributed by atoms with E-state index in [0.29, 0.717) is 18.2 Å². The van der Waals surface area contributed by atoms with Crippen LogP contribution >= 0.6 is 11.6 Å². The van der Waals surface area contributed by atoms with E-state index in [4.69, 9.17) is 16.3 Å². The van der Waals surface area contributed by atoms with Crippen molar-refractivity contribution in [1.29, 1.82) is 0 Å². The molecule has 2 aromatic carbocycles. The molecule has 0 aliphatic carbocycles. The Labute approximate surface area is 117 Å². The molecule has 0 aliphatic rings. The third-order valence-electron chi connectivity index (χ3n) is 2.74. The first-order chi connectivity index (χ1) is 9.19. The lowest BCUT2D eigenvalue weighted by atomic mass is 10.2. The minimum absolute atomic E-state index is 0.323. The lowest BCUT2D eigenvalue weighted by molar-refractivity contribution is 0.185. The van der Waals surface area contributed by atoms with Gasteiger partial charge in [0.1, 0.15) is 5.82 Å². The first kappa shape index (κ1) is 13.8. The number of ether oxygens (including phenoxy) is 1. The van der Waals surface area contributed by atoms with Crippen LogP contribution in [0, 0.1) is 5.82 Å². The van der Waals surface area contributed by atoms with Gasteiger partial charge < -0.3 is 10.1 Å². The summed E-state index contributed by atoms with van der Waals surface area (Å²) < 4.78 is 18.0. The third kappa shape index (κ3) is 3.94. The van der Waals surface area contributed by atoms with Crippen LogP contribution in [0.25, 0.3) is 0 Å². The molecule has 0 aliphatic heterocycles. The number of anilines is 1. The molecule has 0 heterocycles. The van der Waals surface area contributed by atoms with Crippen LogP contribution in [0.4, 0.5) is 10.1 Å². The van der Waals surface area contributed by atoms with Crippen LogP contribution in [-0.4, -0.2) is 7.11 Å². The number of hydrogen-bond donors (Lipinski definition) is 1. The highest BCUT2D eigenvalue weighted by molar-refractivity contribution is 6.31. The molecule has 0 amide bonds. The molecule has 0 fully saturated rings. The second-order valence-electron chi connectivity index (χ2n) is 4.22. The molecule has 0 saturated heterocycles. The Hall–Kier alpha value is -1.58. The molecular formula is C15H15ClFNO. The monoisotopic (exact) mass is 279 g/mol. The summed E-state index contributed by atoms with van der Waals surface area (Å²) in [5, 5.41) is 3.69. The number of benzene rings is 2. The summed E-state index contributed by atoms with van der Waals surface area (Å²) in [4.78, 5) is 0. The molecule has 2 rings (SSSR count). The number of hydrogen-bond acceptors (Lipinski definition) is 2. The van der Waals surface area contributed by atoms with E-state index >= 15 is 0 Å². The molecule has 0 aromatic heterocycles. The molecule has 1 N–H and O–H groups in total. The van der Waals surface area contributed by atoms with Gasteiger partial charge >= 0.3 is 0 Å². The van der Waals surface area contributed by atoms with E-state index in [2.05, 4.69) is 5.32 Å². The van der Waals surface area contributed by atoms with E-state index in [-0.39, 0.29) is 5.82 Å². The molecule has 100 valence electrons. The molecule has 0 atom stereocenters. The predicted molar refractivity (Wildman–Crippen MR) is 75.9 cm³/mol. The zero-order chi connectivity index (χ0) is 13.7. The second kappa shape index (κ2) is 6.55. The van der Waals surface area contributed by atoms with E-state index in [9.17, 15) is 4.39 Å². The number of rotatable bonds is 5. The van der Waals surface area contributed by atoms with E-state index < -0.39 is 0 Å². The zero-order valence-corrected chi connectivity index (χ0v) is 11.4. The van der Waals surface area contributed by atoms with Gasteiger partial charge in [-0.3, -0.25) is 0 Å². The first-order valence-electron chi connectivity index (χ1n) is 5.94. The second-order valence-corrected chi connectivity index (χ2v) is 4.63. The summed E-state index contributed by atoms with van der Waals surface area (Å²) in [5.41, 5.74) is 2.94. The number of halogens is 2. The molecule has 0 spiro atoms. The molecule has 2 nitrogen and oxygen atoms in total. The Morgan fingerprint density at radius 3 is 2.79 bits per heavy atom. The van der Waals surface area contributed by atoms with Gasteiger partial charge in [0.15, 0.2) is 0 Å². The van der Waals surface area contributed by atoms with Gasteiger partial charge in [-0.1, -0.05) is 29.8 Å². The standard InChI is InChI=1S/C15H15ClFNO/c1-19-10-11-3-2-4-14(7-11)18-9-12-5-6-13(17)8-15(12)16/h2-8,18H,9-10H2,1H3. The van der Waals surface area contributed by atoms with Gasteiger partial charge in [0.2, 0.25) is 0 Å². The van der Waals surface area contributed by atoms with Crippen molar-refractivity contribution in [3.8, 4) is 0 Å². The molecule has 0 unspecified atom stereocenters. The fourth-order valence-corrected chi connectivity index (χ4v) is 2.03. The van der Waals surface area contributed by atoms with Crippen LogP contribution in [0.15, 0.2) is 42.5 Å². The summed E-state index contributed by atoms with van der Waals surface area (Å²) in [6.07, 6.45) is 0. The topological polar surface area (TPSA) is 21.3 Å². The molecule has 19 heavy (non-hydrogen) atoms. The normalized spacial score (nSPS) is 10.5. The first-order valence-corrected chi connectivity index (χ1v) is 6.32. The van der Waals surface area contributed by atoms with E-state index in [0.717, 1.165) is 16.8 Å². The maximum absolute atomic E-state index is 12.9. The Balaban J connectivity index is 2.03. The lowest BCUT2D eigenvalue weighted by Gasteiger charge is -2.09. The molecular weight excluding hydrogens is 265 g/mol. The van der Waals surface area contributed by atoms with Crippen molar-refractivity contribution in [3.05, 3.63) is 64.4 Å². The minimum Gasteiger partial charge on any atom is -0.381 e. The summed E-state index contributed by atoms with van der Waals surface area (Å²) in [5.74, 6) is -0.323. The van der Waals surface area contributed by atoms with Gasteiger partial charge in [-0.25, -0.2) is 4.39 Å².